The summed E-state index contributed by atoms with van der Waals surface area (Å²) in [7, 11) is -2.54. The van der Waals surface area contributed by atoms with Crippen LogP contribution in [0.2, 0.25) is 5.02 Å². The monoisotopic (exact) mass is 409 g/mol. The Hall–Kier alpha value is -2.42. The second-order valence-electron chi connectivity index (χ2n) is 5.93. The predicted molar refractivity (Wildman–Crippen MR) is 105 cm³/mol. The van der Waals surface area contributed by atoms with Crippen LogP contribution >= 0.6 is 11.6 Å². The van der Waals surface area contributed by atoms with Crippen LogP contribution in [-0.4, -0.2) is 38.1 Å². The summed E-state index contributed by atoms with van der Waals surface area (Å²) in [6, 6.07) is 10.8. The van der Waals surface area contributed by atoms with Crippen molar-refractivity contribution < 1.29 is 18.0 Å². The molecule has 2 amide bonds. The van der Waals surface area contributed by atoms with Crippen molar-refractivity contribution in [3.63, 3.8) is 0 Å². The summed E-state index contributed by atoms with van der Waals surface area (Å²) < 4.78 is 26.2. The van der Waals surface area contributed by atoms with Crippen LogP contribution in [-0.2, 0) is 19.6 Å². The number of likely N-dealkylation sites (N-methyl/N-ethyl adjacent to an activating group) is 1. The SMILES string of the molecule is CC(=O)Nc1ccc(S(=O)(=O)N(C)CC(=O)Nc2cccc(Cl)c2C)cc1. The number of nitrogens with one attached hydrogen (secondary N) is 2. The van der Waals surface area contributed by atoms with Crippen LogP contribution in [0.15, 0.2) is 47.4 Å². The number of carbonyl (C=O) groups is 2. The normalized spacial score (nSPS) is 11.3. The number of hydrogen-bond acceptors (Lipinski definition) is 4. The minimum atomic E-state index is -3.86. The van der Waals surface area contributed by atoms with Gasteiger partial charge in [-0.3, -0.25) is 9.59 Å². The van der Waals surface area contributed by atoms with Crippen molar-refractivity contribution in [3.05, 3.63) is 53.1 Å². The summed E-state index contributed by atoms with van der Waals surface area (Å²) in [6.45, 7) is 2.76. The zero-order chi connectivity index (χ0) is 20.2. The van der Waals surface area contributed by atoms with E-state index in [9.17, 15) is 18.0 Å². The maximum Gasteiger partial charge on any atom is 0.243 e. The third-order valence-corrected chi connectivity index (χ3v) is 6.02. The van der Waals surface area contributed by atoms with Gasteiger partial charge in [0.1, 0.15) is 0 Å². The van der Waals surface area contributed by atoms with Crippen LogP contribution in [0.25, 0.3) is 0 Å². The molecule has 2 aromatic carbocycles. The first-order valence-electron chi connectivity index (χ1n) is 8.00. The summed E-state index contributed by atoms with van der Waals surface area (Å²) in [5.74, 6) is -0.739. The maximum atomic E-state index is 12.6. The molecule has 0 saturated heterocycles. The Morgan fingerprint density at radius 2 is 1.70 bits per heavy atom. The molecule has 0 fully saturated rings. The van der Waals surface area contributed by atoms with E-state index in [-0.39, 0.29) is 17.3 Å². The Morgan fingerprint density at radius 1 is 1.07 bits per heavy atom. The molecule has 0 aliphatic carbocycles. The molecular weight excluding hydrogens is 390 g/mol. The molecule has 0 heterocycles. The molecule has 7 nitrogen and oxygen atoms in total. The smallest absolute Gasteiger partial charge is 0.243 e. The number of rotatable bonds is 6. The van der Waals surface area contributed by atoms with E-state index < -0.39 is 15.9 Å². The molecule has 2 aromatic rings. The zero-order valence-electron chi connectivity index (χ0n) is 15.1. The minimum absolute atomic E-state index is 0.0193. The van der Waals surface area contributed by atoms with Gasteiger partial charge in [-0.2, -0.15) is 4.31 Å². The fourth-order valence-electron chi connectivity index (χ4n) is 2.31. The lowest BCUT2D eigenvalue weighted by molar-refractivity contribution is -0.116. The van der Waals surface area contributed by atoms with Crippen molar-refractivity contribution in [2.75, 3.05) is 24.2 Å². The van der Waals surface area contributed by atoms with Crippen LogP contribution in [0, 0.1) is 6.92 Å². The van der Waals surface area contributed by atoms with Crippen molar-refractivity contribution in [2.24, 2.45) is 0 Å². The van der Waals surface area contributed by atoms with Gasteiger partial charge in [0.2, 0.25) is 21.8 Å². The van der Waals surface area contributed by atoms with Crippen LogP contribution in [0.4, 0.5) is 11.4 Å². The lowest BCUT2D eigenvalue weighted by Gasteiger charge is -2.18. The van der Waals surface area contributed by atoms with E-state index in [0.29, 0.717) is 22.0 Å². The van der Waals surface area contributed by atoms with Gasteiger partial charge in [0.05, 0.1) is 11.4 Å². The lowest BCUT2D eigenvalue weighted by atomic mass is 10.2. The summed E-state index contributed by atoms with van der Waals surface area (Å²) in [5, 5.41) is 5.73. The molecule has 2 rings (SSSR count). The van der Waals surface area contributed by atoms with Gasteiger partial charge in [-0.05, 0) is 48.9 Å². The van der Waals surface area contributed by atoms with E-state index in [1.54, 1.807) is 25.1 Å². The molecule has 9 heteroatoms. The van der Waals surface area contributed by atoms with Gasteiger partial charge < -0.3 is 10.6 Å². The summed E-state index contributed by atoms with van der Waals surface area (Å²) in [6.07, 6.45) is 0. The Morgan fingerprint density at radius 3 is 2.30 bits per heavy atom. The Bertz CT molecular complexity index is 959. The maximum absolute atomic E-state index is 12.6. The molecule has 0 bridgehead atoms. The number of carbonyl (C=O) groups excluding carboxylic acids is 2. The zero-order valence-corrected chi connectivity index (χ0v) is 16.7. The van der Waals surface area contributed by atoms with E-state index in [1.807, 2.05) is 0 Å². The lowest BCUT2D eigenvalue weighted by Crippen LogP contribution is -2.35. The van der Waals surface area contributed by atoms with Gasteiger partial charge in [0, 0.05) is 30.4 Å². The van der Waals surface area contributed by atoms with Gasteiger partial charge in [-0.1, -0.05) is 17.7 Å². The molecule has 0 unspecified atom stereocenters. The molecule has 0 aliphatic heterocycles. The molecule has 0 spiro atoms. The number of sulfonamides is 1. The van der Waals surface area contributed by atoms with Crippen molar-refractivity contribution in [1.82, 2.24) is 4.31 Å². The molecule has 27 heavy (non-hydrogen) atoms. The number of nitrogens with zero attached hydrogens (tertiary/aromatic N) is 1. The highest BCUT2D eigenvalue weighted by molar-refractivity contribution is 7.89. The summed E-state index contributed by atoms with van der Waals surface area (Å²) in [5.41, 5.74) is 1.71. The summed E-state index contributed by atoms with van der Waals surface area (Å²) in [4.78, 5) is 23.3. The number of hydrogen-bond donors (Lipinski definition) is 2. The van der Waals surface area contributed by atoms with E-state index in [0.717, 1.165) is 4.31 Å². The Labute approximate surface area is 163 Å². The minimum Gasteiger partial charge on any atom is -0.326 e. The van der Waals surface area contributed by atoms with E-state index >= 15 is 0 Å². The topological polar surface area (TPSA) is 95.6 Å². The molecule has 0 atom stereocenters. The third-order valence-electron chi connectivity index (χ3n) is 3.79. The standard InChI is InChI=1S/C18H20ClN3O4S/c1-12-16(19)5-4-6-17(12)21-18(24)11-22(3)27(25,26)15-9-7-14(8-10-15)20-13(2)23/h4-10H,11H2,1-3H3,(H,20,23)(H,21,24). The van der Waals surface area contributed by atoms with Crippen LogP contribution < -0.4 is 10.6 Å². The molecule has 0 radical (unpaired) electrons. The van der Waals surface area contributed by atoms with Crippen molar-refractivity contribution >= 4 is 44.8 Å². The van der Waals surface area contributed by atoms with Crippen LogP contribution in [0.5, 0.6) is 0 Å². The number of anilines is 2. The first-order chi connectivity index (χ1) is 12.6. The van der Waals surface area contributed by atoms with Gasteiger partial charge in [0.15, 0.2) is 0 Å². The molecule has 2 N–H and O–H groups in total. The first kappa shape index (κ1) is 20.9. The Kier molecular flexibility index (Phi) is 6.59. The van der Waals surface area contributed by atoms with Gasteiger partial charge in [-0.25, -0.2) is 8.42 Å². The average Bonchev–Trinajstić information content (AvgIpc) is 2.59. The van der Waals surface area contributed by atoms with E-state index in [1.165, 1.54) is 38.2 Å². The van der Waals surface area contributed by atoms with E-state index in [2.05, 4.69) is 10.6 Å². The highest BCUT2D eigenvalue weighted by atomic mass is 35.5. The second-order valence-corrected chi connectivity index (χ2v) is 8.38. The van der Waals surface area contributed by atoms with E-state index in [4.69, 9.17) is 11.6 Å². The molecule has 0 saturated carbocycles. The second kappa shape index (κ2) is 8.51. The largest absolute Gasteiger partial charge is 0.326 e. The van der Waals surface area contributed by atoms with Gasteiger partial charge in [-0.15, -0.1) is 0 Å². The molecule has 0 aromatic heterocycles. The summed E-state index contributed by atoms with van der Waals surface area (Å²) >= 11 is 6.02. The van der Waals surface area contributed by atoms with Crippen LogP contribution in [0.3, 0.4) is 0 Å². The number of benzene rings is 2. The molecular formula is C18H20ClN3O4S. The highest BCUT2D eigenvalue weighted by Gasteiger charge is 2.23. The molecule has 0 aliphatic rings. The third kappa shape index (κ3) is 5.29. The van der Waals surface area contributed by atoms with Crippen molar-refractivity contribution in [1.29, 1.82) is 0 Å². The Balaban J connectivity index is 2.09. The van der Waals surface area contributed by atoms with Gasteiger partial charge in [0.25, 0.3) is 0 Å². The number of amides is 2. The fraction of sp³-hybridized carbons (Fsp3) is 0.222. The average molecular weight is 410 g/mol. The predicted octanol–water partition coefficient (Wildman–Crippen LogP) is 2.87. The fourth-order valence-corrected chi connectivity index (χ4v) is 3.61. The van der Waals surface area contributed by atoms with Crippen molar-refractivity contribution in [3.8, 4) is 0 Å². The quantitative estimate of drug-likeness (QED) is 0.766. The van der Waals surface area contributed by atoms with Crippen LogP contribution in [0.1, 0.15) is 12.5 Å². The highest BCUT2D eigenvalue weighted by Crippen LogP contribution is 2.23. The van der Waals surface area contributed by atoms with Gasteiger partial charge >= 0.3 is 0 Å². The van der Waals surface area contributed by atoms with Crippen molar-refractivity contribution in [2.45, 2.75) is 18.7 Å². The first-order valence-corrected chi connectivity index (χ1v) is 9.82. The number of halogens is 1. The molecule has 144 valence electrons.